The normalized spacial score (nSPS) is 14.7. The van der Waals surface area contributed by atoms with Gasteiger partial charge in [0.25, 0.3) is 0 Å². The van der Waals surface area contributed by atoms with Crippen molar-refractivity contribution >= 4 is 35.6 Å². The van der Waals surface area contributed by atoms with Gasteiger partial charge >= 0.3 is 17.9 Å². The van der Waals surface area contributed by atoms with E-state index in [1.165, 1.54) is 6.92 Å². The van der Waals surface area contributed by atoms with Gasteiger partial charge in [-0.1, -0.05) is 0 Å². The summed E-state index contributed by atoms with van der Waals surface area (Å²) in [6, 6.07) is -6.31. The number of nitrogens with one attached hydrogen (secondary N) is 3. The number of rotatable bonds is 12. The van der Waals surface area contributed by atoms with Crippen molar-refractivity contribution in [3.63, 3.8) is 0 Å². The Kier molecular flexibility index (Phi) is 10.1. The molecule has 0 aromatic carbocycles. The number of nitrogens with two attached hydrogens (primary N) is 1. The van der Waals surface area contributed by atoms with E-state index in [-0.39, 0.29) is 0 Å². The maximum atomic E-state index is 12.3. The second kappa shape index (κ2) is 11.5. The van der Waals surface area contributed by atoms with E-state index in [9.17, 15) is 28.8 Å². The Hall–Kier alpha value is -3.26. The Balaban J connectivity index is 5.39. The quantitative estimate of drug-likeness (QED) is 0.154. The van der Waals surface area contributed by atoms with Crippen LogP contribution in [-0.4, -0.2) is 86.8 Å². The number of carboxylic acids is 3. The molecule has 4 atom stereocenters. The van der Waals surface area contributed by atoms with E-state index >= 15 is 0 Å². The fraction of sp³-hybridized carbons (Fsp3) is 0.571. The van der Waals surface area contributed by atoms with Crippen LogP contribution in [0.15, 0.2) is 0 Å². The van der Waals surface area contributed by atoms with Crippen molar-refractivity contribution in [2.24, 2.45) is 5.73 Å². The van der Waals surface area contributed by atoms with Crippen LogP contribution < -0.4 is 21.7 Å². The Morgan fingerprint density at radius 2 is 1.11 bits per heavy atom. The van der Waals surface area contributed by atoms with Crippen molar-refractivity contribution in [3.05, 3.63) is 0 Å². The van der Waals surface area contributed by atoms with Crippen molar-refractivity contribution in [2.45, 2.75) is 43.9 Å². The van der Waals surface area contributed by atoms with Gasteiger partial charge in [-0.25, -0.2) is 4.79 Å². The van der Waals surface area contributed by atoms with Crippen LogP contribution in [-0.2, 0) is 28.8 Å². The first kappa shape index (κ1) is 24.7. The number of aliphatic hydroxyl groups is 1. The van der Waals surface area contributed by atoms with E-state index in [1.807, 2.05) is 16.0 Å². The van der Waals surface area contributed by atoms with Gasteiger partial charge < -0.3 is 42.1 Å². The summed E-state index contributed by atoms with van der Waals surface area (Å²) in [6.45, 7) is 0.271. The van der Waals surface area contributed by atoms with Crippen molar-refractivity contribution < 1.29 is 49.2 Å². The number of aliphatic hydroxyl groups excluding tert-OH is 1. The predicted octanol–water partition coefficient (Wildman–Crippen LogP) is -4.19. The molecule has 0 saturated heterocycles. The third-order valence-electron chi connectivity index (χ3n) is 3.23. The minimum Gasteiger partial charge on any atom is -0.481 e. The molecule has 0 aliphatic heterocycles. The summed E-state index contributed by atoms with van der Waals surface area (Å²) in [5.41, 5.74) is 5.32. The van der Waals surface area contributed by atoms with Crippen molar-refractivity contribution in [1.29, 1.82) is 0 Å². The molecular weight excluding hydrogens is 384 g/mol. The van der Waals surface area contributed by atoms with Gasteiger partial charge in [0.1, 0.15) is 18.1 Å². The van der Waals surface area contributed by atoms with Crippen LogP contribution in [0.2, 0.25) is 0 Å². The molecule has 28 heavy (non-hydrogen) atoms. The summed E-state index contributed by atoms with van der Waals surface area (Å²) in [4.78, 5) is 68.6. The number of carbonyl (C=O) groups excluding carboxylic acids is 3. The number of aliphatic carboxylic acids is 3. The fourth-order valence-corrected chi connectivity index (χ4v) is 1.80. The summed E-state index contributed by atoms with van der Waals surface area (Å²) in [6.07, 6.45) is -1.86. The van der Waals surface area contributed by atoms with E-state index in [4.69, 9.17) is 26.2 Å². The highest BCUT2D eigenvalue weighted by molar-refractivity contribution is 5.96. The molecule has 9 N–H and O–H groups in total. The number of hydrogen-bond donors (Lipinski definition) is 8. The summed E-state index contributed by atoms with van der Waals surface area (Å²) >= 11 is 0. The molecule has 0 aliphatic carbocycles. The molecule has 4 unspecified atom stereocenters. The zero-order valence-electron chi connectivity index (χ0n) is 14.7. The zero-order chi connectivity index (χ0) is 22.0. The lowest BCUT2D eigenvalue weighted by Crippen LogP contribution is -2.58. The summed E-state index contributed by atoms with van der Waals surface area (Å²) in [7, 11) is 0. The van der Waals surface area contributed by atoms with Crippen LogP contribution in [0.4, 0.5) is 0 Å². The van der Waals surface area contributed by atoms with Crippen LogP contribution in [0, 0.1) is 0 Å². The minimum absolute atomic E-state index is 0.869. The van der Waals surface area contributed by atoms with Gasteiger partial charge in [-0.05, 0) is 6.92 Å². The Bertz CT molecular complexity index is 636. The number of hydrogen-bond acceptors (Lipinski definition) is 8. The molecule has 158 valence electrons. The first-order valence-corrected chi connectivity index (χ1v) is 7.83. The van der Waals surface area contributed by atoms with E-state index in [0.717, 1.165) is 0 Å². The lowest BCUT2D eigenvalue weighted by atomic mass is 10.1. The molecule has 0 bridgehead atoms. The molecule has 14 nitrogen and oxygen atoms in total. The predicted molar refractivity (Wildman–Crippen MR) is 88.7 cm³/mol. The average molecular weight is 406 g/mol. The van der Waals surface area contributed by atoms with Gasteiger partial charge in [0.15, 0.2) is 0 Å². The third-order valence-corrected chi connectivity index (χ3v) is 3.23. The highest BCUT2D eigenvalue weighted by Gasteiger charge is 2.32. The first-order chi connectivity index (χ1) is 12.9. The molecule has 0 fully saturated rings. The number of amides is 3. The second-order valence-electron chi connectivity index (χ2n) is 5.69. The smallest absolute Gasteiger partial charge is 0.328 e. The molecule has 0 saturated carbocycles. The SMILES string of the molecule is CC(N)C(=O)NC(CC(=O)O)C(=O)NC(CC(=O)O)C(=O)NC(CO)C(=O)O. The monoisotopic (exact) mass is 406 g/mol. The Morgan fingerprint density at radius 1 is 0.750 bits per heavy atom. The van der Waals surface area contributed by atoms with Gasteiger partial charge in [0.05, 0.1) is 25.5 Å². The van der Waals surface area contributed by atoms with Gasteiger partial charge in [0.2, 0.25) is 17.7 Å². The van der Waals surface area contributed by atoms with Crippen LogP contribution in [0.5, 0.6) is 0 Å². The lowest BCUT2D eigenvalue weighted by molar-refractivity contribution is -0.145. The highest BCUT2D eigenvalue weighted by Crippen LogP contribution is 2.00. The molecule has 0 spiro atoms. The van der Waals surface area contributed by atoms with Gasteiger partial charge in [0, 0.05) is 0 Å². The summed E-state index contributed by atoms with van der Waals surface area (Å²) in [5, 5.41) is 41.2. The van der Waals surface area contributed by atoms with E-state index in [1.54, 1.807) is 0 Å². The largest absolute Gasteiger partial charge is 0.481 e. The fourth-order valence-electron chi connectivity index (χ4n) is 1.80. The third kappa shape index (κ3) is 8.91. The van der Waals surface area contributed by atoms with Crippen LogP contribution in [0.25, 0.3) is 0 Å². The lowest BCUT2D eigenvalue weighted by Gasteiger charge is -2.23. The van der Waals surface area contributed by atoms with E-state index in [0.29, 0.717) is 0 Å². The van der Waals surface area contributed by atoms with Crippen molar-refractivity contribution in [2.75, 3.05) is 6.61 Å². The zero-order valence-corrected chi connectivity index (χ0v) is 14.7. The number of carboxylic acid groups (broad SMARTS) is 3. The Morgan fingerprint density at radius 3 is 1.39 bits per heavy atom. The van der Waals surface area contributed by atoms with Gasteiger partial charge in [-0.3, -0.25) is 24.0 Å². The molecule has 0 aliphatic rings. The molecule has 0 rings (SSSR count). The molecule has 0 aromatic rings. The van der Waals surface area contributed by atoms with Crippen LogP contribution >= 0.6 is 0 Å². The maximum Gasteiger partial charge on any atom is 0.328 e. The highest BCUT2D eigenvalue weighted by atomic mass is 16.4. The van der Waals surface area contributed by atoms with Gasteiger partial charge in [-0.2, -0.15) is 0 Å². The molecule has 0 radical (unpaired) electrons. The van der Waals surface area contributed by atoms with E-state index in [2.05, 4.69) is 0 Å². The molecule has 14 heteroatoms. The van der Waals surface area contributed by atoms with Gasteiger partial charge in [-0.15, -0.1) is 0 Å². The minimum atomic E-state index is -1.80. The number of carbonyl (C=O) groups is 6. The molecule has 0 aromatic heterocycles. The average Bonchev–Trinajstić information content (AvgIpc) is 2.56. The van der Waals surface area contributed by atoms with Crippen LogP contribution in [0.1, 0.15) is 19.8 Å². The summed E-state index contributed by atoms with van der Waals surface area (Å²) < 4.78 is 0. The Labute approximate surface area is 158 Å². The topological polar surface area (TPSA) is 245 Å². The first-order valence-electron chi connectivity index (χ1n) is 7.83. The van der Waals surface area contributed by atoms with Crippen LogP contribution in [0.3, 0.4) is 0 Å². The van der Waals surface area contributed by atoms with Crippen molar-refractivity contribution in [3.8, 4) is 0 Å². The van der Waals surface area contributed by atoms with Crippen molar-refractivity contribution in [1.82, 2.24) is 16.0 Å². The molecular formula is C14H22N4O10. The summed E-state index contributed by atoms with van der Waals surface area (Å²) in [5.74, 6) is -7.93. The molecule has 0 heterocycles. The molecule has 3 amide bonds. The standard InChI is InChI=1S/C14H22N4O10/c1-5(15)11(24)16-6(2-9(20)21)12(25)17-7(3-10(22)23)13(26)18-8(4-19)14(27)28/h5-8,19H,2-4,15H2,1H3,(H,16,24)(H,17,25)(H,18,26)(H,20,21)(H,22,23)(H,27,28). The van der Waals surface area contributed by atoms with E-state index < -0.39 is 79.2 Å². The second-order valence-corrected chi connectivity index (χ2v) is 5.69. The maximum absolute atomic E-state index is 12.3.